The van der Waals surface area contributed by atoms with Gasteiger partial charge in [-0.1, -0.05) is 18.2 Å². The fourth-order valence-electron chi connectivity index (χ4n) is 2.54. The van der Waals surface area contributed by atoms with Crippen LogP contribution in [0.3, 0.4) is 0 Å². The molecule has 0 bridgehead atoms. The summed E-state index contributed by atoms with van der Waals surface area (Å²) in [7, 11) is 1.46. The molecule has 1 aromatic carbocycles. The topological polar surface area (TPSA) is 86.2 Å². The van der Waals surface area contributed by atoms with Gasteiger partial charge >= 0.3 is 18.6 Å². The molecule has 1 aromatic rings. The molecule has 25 heavy (non-hydrogen) atoms. The fraction of sp³-hybridized carbons (Fsp3) is 0.438. The molecule has 1 heterocycles. The van der Waals surface area contributed by atoms with Gasteiger partial charge in [0.2, 0.25) is 0 Å². The zero-order chi connectivity index (χ0) is 18.4. The van der Waals surface area contributed by atoms with Crippen molar-refractivity contribution in [1.29, 1.82) is 0 Å². The van der Waals surface area contributed by atoms with Crippen LogP contribution >= 0.6 is 0 Å². The number of urea groups is 1. The minimum absolute atomic E-state index is 0.0228. The highest BCUT2D eigenvalue weighted by atomic mass is 19.3. The first kappa shape index (κ1) is 18.8. The molecule has 0 fully saturated rings. The van der Waals surface area contributed by atoms with Crippen LogP contribution in [0.1, 0.15) is 18.5 Å². The molecule has 0 radical (unpaired) electrons. The molecule has 0 spiro atoms. The molecule has 0 aliphatic carbocycles. The molecular formula is C16H18F2N2O5. The molecule has 7 nitrogen and oxygen atoms in total. The van der Waals surface area contributed by atoms with Crippen molar-refractivity contribution >= 4 is 17.7 Å². The van der Waals surface area contributed by atoms with Crippen LogP contribution in [0.15, 0.2) is 29.3 Å². The molecule has 0 saturated heterocycles. The number of alkyl halides is 2. The van der Waals surface area contributed by atoms with Crippen LogP contribution in [0, 0.1) is 5.92 Å². The van der Waals surface area contributed by atoms with Gasteiger partial charge in [0.25, 0.3) is 0 Å². The second-order valence-corrected chi connectivity index (χ2v) is 5.23. The number of rotatable bonds is 7. The lowest BCUT2D eigenvalue weighted by molar-refractivity contribution is -0.148. The quantitative estimate of drug-likeness (QED) is 0.599. The van der Waals surface area contributed by atoms with Crippen LogP contribution in [0.25, 0.3) is 0 Å². The van der Waals surface area contributed by atoms with Gasteiger partial charge in [-0.2, -0.15) is 8.78 Å². The Labute approximate surface area is 143 Å². The number of ether oxygens (including phenoxy) is 3. The highest BCUT2D eigenvalue weighted by Gasteiger charge is 2.39. The Morgan fingerprint density at radius 2 is 2.04 bits per heavy atom. The number of para-hydroxylation sites is 1. The number of nitrogens with zero attached hydrogens (tertiary/aromatic N) is 1. The third-order valence-electron chi connectivity index (χ3n) is 3.60. The second-order valence-electron chi connectivity index (χ2n) is 5.23. The number of hydrogen-bond donors (Lipinski definition) is 1. The molecule has 1 aliphatic heterocycles. The number of amides is 2. The number of hydrogen-bond acceptors (Lipinski definition) is 5. The lowest BCUT2D eigenvalue weighted by atomic mass is 9.88. The van der Waals surface area contributed by atoms with E-state index in [0.29, 0.717) is 0 Å². The lowest BCUT2D eigenvalue weighted by Crippen LogP contribution is -2.44. The Balaban J connectivity index is 2.34. The van der Waals surface area contributed by atoms with Crippen molar-refractivity contribution in [3.8, 4) is 5.75 Å². The van der Waals surface area contributed by atoms with Gasteiger partial charge in [-0.3, -0.25) is 4.79 Å². The molecule has 9 heteroatoms. The van der Waals surface area contributed by atoms with Crippen molar-refractivity contribution in [2.75, 3.05) is 20.3 Å². The van der Waals surface area contributed by atoms with Gasteiger partial charge in [-0.15, -0.1) is 0 Å². The van der Waals surface area contributed by atoms with Crippen LogP contribution in [-0.4, -0.2) is 44.6 Å². The number of benzene rings is 1. The Morgan fingerprint density at radius 1 is 1.32 bits per heavy atom. The smallest absolute Gasteiger partial charge is 0.387 e. The second kappa shape index (κ2) is 8.52. The number of halogens is 2. The molecular weight excluding hydrogens is 338 g/mol. The summed E-state index contributed by atoms with van der Waals surface area (Å²) >= 11 is 0. The zero-order valence-electron chi connectivity index (χ0n) is 13.7. The SMILES string of the molecule is COCCOC(=O)C1C(C)=NC(=O)NC1c1ccccc1OC(F)F. The van der Waals surface area contributed by atoms with Crippen molar-refractivity contribution in [2.45, 2.75) is 19.6 Å². The first-order chi connectivity index (χ1) is 11.9. The number of esters is 1. The third-order valence-corrected chi connectivity index (χ3v) is 3.60. The predicted octanol–water partition coefficient (Wildman–Crippen LogP) is 2.32. The van der Waals surface area contributed by atoms with Gasteiger partial charge in [0, 0.05) is 18.4 Å². The molecule has 0 aromatic heterocycles. The first-order valence-electron chi connectivity index (χ1n) is 7.49. The van der Waals surface area contributed by atoms with E-state index in [1.807, 2.05) is 0 Å². The van der Waals surface area contributed by atoms with Crippen molar-refractivity contribution in [3.63, 3.8) is 0 Å². The van der Waals surface area contributed by atoms with E-state index in [4.69, 9.17) is 9.47 Å². The normalized spacial score (nSPS) is 20.0. The van der Waals surface area contributed by atoms with Crippen LogP contribution in [0.2, 0.25) is 0 Å². The van der Waals surface area contributed by atoms with Crippen molar-refractivity contribution in [3.05, 3.63) is 29.8 Å². The van der Waals surface area contributed by atoms with E-state index in [9.17, 15) is 18.4 Å². The summed E-state index contributed by atoms with van der Waals surface area (Å²) in [5, 5.41) is 2.51. The predicted molar refractivity (Wildman–Crippen MR) is 83.8 cm³/mol. The lowest BCUT2D eigenvalue weighted by Gasteiger charge is -2.30. The van der Waals surface area contributed by atoms with Crippen LogP contribution in [0.5, 0.6) is 5.75 Å². The van der Waals surface area contributed by atoms with E-state index in [1.54, 1.807) is 6.07 Å². The van der Waals surface area contributed by atoms with Gasteiger partial charge in [0.05, 0.1) is 12.6 Å². The molecule has 2 rings (SSSR count). The number of carbonyl (C=O) groups is 2. The maximum absolute atomic E-state index is 12.6. The molecule has 1 N–H and O–H groups in total. The number of carbonyl (C=O) groups excluding carboxylic acids is 2. The minimum Gasteiger partial charge on any atom is -0.463 e. The van der Waals surface area contributed by atoms with E-state index in [-0.39, 0.29) is 30.2 Å². The van der Waals surface area contributed by atoms with E-state index < -0.39 is 30.6 Å². The van der Waals surface area contributed by atoms with Crippen molar-refractivity contribution in [1.82, 2.24) is 5.32 Å². The molecule has 0 saturated carbocycles. The Hall–Kier alpha value is -2.55. The summed E-state index contributed by atoms with van der Waals surface area (Å²) in [6.07, 6.45) is 0. The van der Waals surface area contributed by atoms with Crippen molar-refractivity contribution in [2.24, 2.45) is 10.9 Å². The molecule has 1 aliphatic rings. The summed E-state index contributed by atoms with van der Waals surface area (Å²) in [5.74, 6) is -1.74. The van der Waals surface area contributed by atoms with Gasteiger partial charge in [-0.05, 0) is 13.0 Å². The highest BCUT2D eigenvalue weighted by Crippen LogP contribution is 2.34. The maximum atomic E-state index is 12.6. The van der Waals surface area contributed by atoms with Crippen molar-refractivity contribution < 1.29 is 32.6 Å². The summed E-state index contributed by atoms with van der Waals surface area (Å²) in [4.78, 5) is 27.9. The van der Waals surface area contributed by atoms with Gasteiger partial charge in [0.1, 0.15) is 18.3 Å². The fourth-order valence-corrected chi connectivity index (χ4v) is 2.54. The minimum atomic E-state index is -3.04. The summed E-state index contributed by atoms with van der Waals surface area (Å²) in [5.41, 5.74) is 0.460. The molecule has 136 valence electrons. The average Bonchev–Trinajstić information content (AvgIpc) is 2.54. The van der Waals surface area contributed by atoms with E-state index in [0.717, 1.165) is 0 Å². The number of aliphatic imine (C=N–C) groups is 1. The summed E-state index contributed by atoms with van der Waals surface area (Å²) in [6, 6.07) is 4.33. The maximum Gasteiger partial charge on any atom is 0.387 e. The summed E-state index contributed by atoms with van der Waals surface area (Å²) < 4.78 is 39.7. The Kier molecular flexibility index (Phi) is 6.40. The number of nitrogens with one attached hydrogen (secondary N) is 1. The largest absolute Gasteiger partial charge is 0.463 e. The average molecular weight is 356 g/mol. The first-order valence-corrected chi connectivity index (χ1v) is 7.49. The van der Waals surface area contributed by atoms with Gasteiger partial charge in [-0.25, -0.2) is 9.79 Å². The van der Waals surface area contributed by atoms with Crippen LogP contribution < -0.4 is 10.1 Å². The number of methoxy groups -OCH3 is 1. The Morgan fingerprint density at radius 3 is 2.72 bits per heavy atom. The third kappa shape index (κ3) is 4.72. The van der Waals surface area contributed by atoms with E-state index in [2.05, 4.69) is 15.0 Å². The van der Waals surface area contributed by atoms with Crippen LogP contribution in [-0.2, 0) is 14.3 Å². The zero-order valence-corrected chi connectivity index (χ0v) is 13.7. The van der Waals surface area contributed by atoms with E-state index >= 15 is 0 Å². The monoisotopic (exact) mass is 356 g/mol. The van der Waals surface area contributed by atoms with E-state index in [1.165, 1.54) is 32.2 Å². The molecule has 2 unspecified atom stereocenters. The van der Waals surface area contributed by atoms with Gasteiger partial charge in [0.15, 0.2) is 0 Å². The van der Waals surface area contributed by atoms with Gasteiger partial charge < -0.3 is 19.5 Å². The molecule has 2 amide bonds. The Bertz CT molecular complexity index is 666. The molecule has 2 atom stereocenters. The van der Waals surface area contributed by atoms with Crippen LogP contribution in [0.4, 0.5) is 13.6 Å². The summed E-state index contributed by atoms with van der Waals surface area (Å²) in [6.45, 7) is -1.31. The highest BCUT2D eigenvalue weighted by molar-refractivity contribution is 6.08. The standard InChI is InChI=1S/C16H18F2N2O5/c1-9-12(14(21)24-8-7-23-2)13(20-16(22)19-9)10-5-3-4-6-11(10)25-15(17)18/h3-6,12-13,15H,7-8H2,1-2H3,(H,20,22).